The zero-order valence-electron chi connectivity index (χ0n) is 16.6. The maximum Gasteiger partial charge on any atom is 0.285 e. The van der Waals surface area contributed by atoms with Crippen LogP contribution in [0.2, 0.25) is 0 Å². The van der Waals surface area contributed by atoms with E-state index in [1.165, 1.54) is 59.4 Å². The Morgan fingerprint density at radius 1 is 0.844 bits per heavy atom. The van der Waals surface area contributed by atoms with Crippen molar-refractivity contribution in [3.8, 4) is 11.5 Å². The first-order chi connectivity index (χ1) is 15.5. The van der Waals surface area contributed by atoms with Crippen LogP contribution in [0.25, 0.3) is 10.9 Å². The Balaban J connectivity index is 1.40. The Bertz CT molecular complexity index is 1250. The number of carbonyl (C=O) groups is 2. The van der Waals surface area contributed by atoms with Crippen molar-refractivity contribution in [1.29, 1.82) is 0 Å². The van der Waals surface area contributed by atoms with Crippen molar-refractivity contribution in [3.63, 3.8) is 0 Å². The van der Waals surface area contributed by atoms with Crippen LogP contribution in [-0.4, -0.2) is 34.8 Å². The molecule has 0 aliphatic carbocycles. The van der Waals surface area contributed by atoms with E-state index in [9.17, 15) is 18.4 Å². The molecule has 0 aliphatic heterocycles. The van der Waals surface area contributed by atoms with Crippen molar-refractivity contribution in [3.05, 3.63) is 84.6 Å². The number of nitrogens with one attached hydrogen (secondary N) is 1. The summed E-state index contributed by atoms with van der Waals surface area (Å²) in [7, 11) is 0. The molecule has 162 valence electrons. The molecule has 3 aromatic carbocycles. The molecule has 1 aromatic heterocycles. The molecule has 0 saturated heterocycles. The number of nitrogens with zero attached hydrogens (tertiary/aromatic N) is 2. The number of benzene rings is 3. The van der Waals surface area contributed by atoms with Crippen LogP contribution in [0.15, 0.2) is 72.9 Å². The summed E-state index contributed by atoms with van der Waals surface area (Å²) in [5.74, 6) is -0.950. The third-order valence-corrected chi connectivity index (χ3v) is 4.45. The lowest BCUT2D eigenvalue weighted by atomic mass is 10.2. The fourth-order valence-corrected chi connectivity index (χ4v) is 2.91. The van der Waals surface area contributed by atoms with Crippen molar-refractivity contribution in [2.75, 3.05) is 18.5 Å². The lowest BCUT2D eigenvalue weighted by Gasteiger charge is -2.09. The predicted molar refractivity (Wildman–Crippen MR) is 113 cm³/mol. The van der Waals surface area contributed by atoms with Gasteiger partial charge in [0.05, 0.1) is 11.7 Å². The van der Waals surface area contributed by atoms with E-state index in [0.717, 1.165) is 0 Å². The highest BCUT2D eigenvalue weighted by Crippen LogP contribution is 2.20. The molecular formula is C23H17F2N3O4. The highest BCUT2D eigenvalue weighted by atomic mass is 19.1. The van der Waals surface area contributed by atoms with Gasteiger partial charge in [0.15, 0.2) is 13.2 Å². The Kier molecular flexibility index (Phi) is 6.07. The number of carbonyl (C=O) groups excluding carboxylic acids is 2. The fourth-order valence-electron chi connectivity index (χ4n) is 2.91. The summed E-state index contributed by atoms with van der Waals surface area (Å²) in [4.78, 5) is 24.7. The number of hydrogen-bond donors (Lipinski definition) is 1. The molecule has 0 atom stereocenters. The minimum Gasteiger partial charge on any atom is -0.484 e. The number of amides is 1. The van der Waals surface area contributed by atoms with E-state index in [1.807, 2.05) is 0 Å². The second-order valence-electron chi connectivity index (χ2n) is 6.76. The highest BCUT2D eigenvalue weighted by molar-refractivity contribution is 5.97. The molecule has 1 heterocycles. The molecule has 9 heteroatoms. The SMILES string of the molecule is O=C(COc1ccc(F)cc1)Nc1ccc2cnn(C(=O)COc3ccc(F)cc3)c2c1. The van der Waals surface area contributed by atoms with Crippen LogP contribution >= 0.6 is 0 Å². The van der Waals surface area contributed by atoms with E-state index in [0.29, 0.717) is 28.1 Å². The van der Waals surface area contributed by atoms with Crippen molar-refractivity contribution in [2.45, 2.75) is 0 Å². The third-order valence-electron chi connectivity index (χ3n) is 4.45. The van der Waals surface area contributed by atoms with Gasteiger partial charge in [0, 0.05) is 11.1 Å². The number of fused-ring (bicyclic) bond motifs is 1. The van der Waals surface area contributed by atoms with E-state index >= 15 is 0 Å². The van der Waals surface area contributed by atoms with Gasteiger partial charge in [-0.25, -0.2) is 8.78 Å². The van der Waals surface area contributed by atoms with Gasteiger partial charge in [-0.05, 0) is 66.7 Å². The summed E-state index contributed by atoms with van der Waals surface area (Å²) < 4.78 is 37.8. The summed E-state index contributed by atoms with van der Waals surface area (Å²) in [5.41, 5.74) is 0.925. The molecule has 1 N–H and O–H groups in total. The number of aromatic nitrogens is 2. The number of rotatable bonds is 7. The molecule has 7 nitrogen and oxygen atoms in total. The van der Waals surface area contributed by atoms with Crippen LogP contribution in [-0.2, 0) is 4.79 Å². The van der Waals surface area contributed by atoms with Gasteiger partial charge in [0.1, 0.15) is 23.1 Å². The average Bonchev–Trinajstić information content (AvgIpc) is 3.21. The molecule has 32 heavy (non-hydrogen) atoms. The summed E-state index contributed by atoms with van der Waals surface area (Å²) in [6, 6.07) is 15.6. The minimum atomic E-state index is -0.438. The first-order valence-electron chi connectivity index (χ1n) is 9.55. The second-order valence-corrected chi connectivity index (χ2v) is 6.76. The zero-order chi connectivity index (χ0) is 22.5. The van der Waals surface area contributed by atoms with Crippen LogP contribution in [0.1, 0.15) is 4.79 Å². The van der Waals surface area contributed by atoms with E-state index in [-0.39, 0.29) is 13.2 Å². The Labute approximate surface area is 181 Å². The maximum atomic E-state index is 13.0. The van der Waals surface area contributed by atoms with Crippen LogP contribution in [0.5, 0.6) is 11.5 Å². The summed E-state index contributed by atoms with van der Waals surface area (Å²) >= 11 is 0. The predicted octanol–water partition coefficient (Wildman–Crippen LogP) is 4.05. The highest BCUT2D eigenvalue weighted by Gasteiger charge is 2.13. The van der Waals surface area contributed by atoms with E-state index in [1.54, 1.807) is 18.2 Å². The molecule has 0 spiro atoms. The Morgan fingerprint density at radius 2 is 1.44 bits per heavy atom. The number of halogens is 2. The van der Waals surface area contributed by atoms with Gasteiger partial charge < -0.3 is 14.8 Å². The molecule has 0 unspecified atom stereocenters. The maximum absolute atomic E-state index is 13.0. The van der Waals surface area contributed by atoms with Crippen LogP contribution in [0.3, 0.4) is 0 Å². The third kappa shape index (κ3) is 5.07. The first kappa shape index (κ1) is 21.0. The molecule has 0 bridgehead atoms. The summed E-state index contributed by atoms with van der Waals surface area (Å²) in [5, 5.41) is 7.46. The largest absolute Gasteiger partial charge is 0.484 e. The van der Waals surface area contributed by atoms with Gasteiger partial charge in [-0.15, -0.1) is 0 Å². The molecule has 1 amide bonds. The lowest BCUT2D eigenvalue weighted by Crippen LogP contribution is -2.21. The number of ether oxygens (including phenoxy) is 2. The van der Waals surface area contributed by atoms with Gasteiger partial charge in [-0.1, -0.05) is 0 Å². The van der Waals surface area contributed by atoms with Crippen LogP contribution in [0.4, 0.5) is 14.5 Å². The molecule has 0 saturated carbocycles. The van der Waals surface area contributed by atoms with Crippen LogP contribution < -0.4 is 14.8 Å². The van der Waals surface area contributed by atoms with Crippen molar-refractivity contribution < 1.29 is 27.8 Å². The molecular weight excluding hydrogens is 420 g/mol. The molecule has 0 fully saturated rings. The minimum absolute atomic E-state index is 0.270. The molecule has 0 radical (unpaired) electrons. The fraction of sp³-hybridized carbons (Fsp3) is 0.0870. The smallest absolute Gasteiger partial charge is 0.285 e. The van der Waals surface area contributed by atoms with Crippen LogP contribution in [0, 0.1) is 11.6 Å². The summed E-state index contributed by atoms with van der Waals surface area (Å²) in [6.07, 6.45) is 1.52. The van der Waals surface area contributed by atoms with Crippen molar-refractivity contribution in [2.24, 2.45) is 0 Å². The lowest BCUT2D eigenvalue weighted by molar-refractivity contribution is -0.118. The number of anilines is 1. The van der Waals surface area contributed by atoms with Gasteiger partial charge in [-0.2, -0.15) is 9.78 Å². The van der Waals surface area contributed by atoms with E-state index < -0.39 is 23.4 Å². The number of hydrogen-bond acceptors (Lipinski definition) is 5. The zero-order valence-corrected chi connectivity index (χ0v) is 16.6. The van der Waals surface area contributed by atoms with Gasteiger partial charge >= 0.3 is 0 Å². The van der Waals surface area contributed by atoms with Crippen molar-refractivity contribution in [1.82, 2.24) is 9.78 Å². The van der Waals surface area contributed by atoms with Gasteiger partial charge in [0.25, 0.3) is 11.8 Å². The first-order valence-corrected chi connectivity index (χ1v) is 9.55. The van der Waals surface area contributed by atoms with E-state index in [2.05, 4.69) is 10.4 Å². The topological polar surface area (TPSA) is 82.5 Å². The quantitative estimate of drug-likeness (QED) is 0.472. The Hall–Kier alpha value is -4.27. The standard InChI is InChI=1S/C23H17F2N3O4/c24-16-2-7-19(8-3-16)31-13-22(29)27-18-6-1-15-12-26-28(21(15)11-18)23(30)14-32-20-9-4-17(25)5-10-20/h1-12H,13-14H2,(H,27,29). The normalized spacial score (nSPS) is 10.7. The van der Waals surface area contributed by atoms with Crippen molar-refractivity contribution >= 4 is 28.4 Å². The van der Waals surface area contributed by atoms with Gasteiger partial charge in [-0.3, -0.25) is 9.59 Å². The monoisotopic (exact) mass is 437 g/mol. The molecule has 0 aliphatic rings. The Morgan fingerprint density at radius 3 is 2.06 bits per heavy atom. The molecule has 4 rings (SSSR count). The summed E-state index contributed by atoms with van der Waals surface area (Å²) in [6.45, 7) is -0.572. The second kappa shape index (κ2) is 9.25. The molecule has 4 aromatic rings. The average molecular weight is 437 g/mol. The van der Waals surface area contributed by atoms with E-state index in [4.69, 9.17) is 9.47 Å². The van der Waals surface area contributed by atoms with Gasteiger partial charge in [0.2, 0.25) is 0 Å².